The minimum Gasteiger partial charge on any atom is -0.508 e. The summed E-state index contributed by atoms with van der Waals surface area (Å²) >= 11 is 1.57. The number of benzene rings is 1. The van der Waals surface area contributed by atoms with Crippen LogP contribution in [0.25, 0.3) is 0 Å². The van der Waals surface area contributed by atoms with Crippen LogP contribution in [0.2, 0.25) is 0 Å². The fraction of sp³-hybridized carbons (Fsp3) is 0.531. The maximum Gasteiger partial charge on any atom is 0.338 e. The van der Waals surface area contributed by atoms with Gasteiger partial charge in [0.15, 0.2) is 6.04 Å². The van der Waals surface area contributed by atoms with Gasteiger partial charge in [0.05, 0.1) is 12.9 Å². The Morgan fingerprint density at radius 1 is 0.900 bits per heavy atom. The van der Waals surface area contributed by atoms with Crippen molar-refractivity contribution in [2.75, 3.05) is 18.6 Å². The van der Waals surface area contributed by atoms with Crippen LogP contribution in [0.1, 0.15) is 50.8 Å². The molecule has 0 saturated carbocycles. The summed E-state index contributed by atoms with van der Waals surface area (Å²) < 4.78 is 0. The number of quaternary nitrogens is 1. The molecule has 0 unspecified atom stereocenters. The zero-order valence-corrected chi connectivity index (χ0v) is 29.6. The molecule has 0 saturated heterocycles. The van der Waals surface area contributed by atoms with E-state index >= 15 is 0 Å². The van der Waals surface area contributed by atoms with E-state index in [0.29, 0.717) is 36.4 Å². The molecule has 1 aromatic heterocycles. The average molecular weight is 721 g/mol. The van der Waals surface area contributed by atoms with Gasteiger partial charge in [-0.25, -0.2) is 9.78 Å². The van der Waals surface area contributed by atoms with Crippen molar-refractivity contribution in [2.45, 2.75) is 82.6 Å². The molecular weight excluding hydrogens is 668 g/mol. The van der Waals surface area contributed by atoms with E-state index in [4.69, 9.17) is 11.5 Å². The van der Waals surface area contributed by atoms with Crippen molar-refractivity contribution >= 4 is 47.3 Å². The first-order valence-corrected chi connectivity index (χ1v) is 17.7. The van der Waals surface area contributed by atoms with Gasteiger partial charge >= 0.3 is 11.9 Å². The Hall–Kier alpha value is -4.84. The number of H-pyrrole nitrogens is 1. The Morgan fingerprint density at radius 2 is 1.50 bits per heavy atom. The molecule has 0 aliphatic heterocycles. The molecule has 50 heavy (non-hydrogen) atoms. The molecule has 2 aromatic rings. The first-order chi connectivity index (χ1) is 23.7. The lowest BCUT2D eigenvalue weighted by Crippen LogP contribution is -2.78. The molecule has 1 heterocycles. The number of thioether (sulfide) groups is 1. The molecule has 15 N–H and O–H groups in total. The molecule has 4 amide bonds. The molecule has 5 atom stereocenters. The van der Waals surface area contributed by atoms with Gasteiger partial charge < -0.3 is 42.2 Å². The Kier molecular flexibility index (Phi) is 17.6. The number of phenolic OH excluding ortho intramolecular Hbond substituents is 1. The molecule has 0 radical (unpaired) electrons. The van der Waals surface area contributed by atoms with E-state index in [0.717, 1.165) is 0 Å². The van der Waals surface area contributed by atoms with Crippen LogP contribution < -0.4 is 43.5 Å². The second kappa shape index (κ2) is 21.3. The van der Waals surface area contributed by atoms with E-state index in [1.165, 1.54) is 24.7 Å². The predicted octanol–water partition coefficient (Wildman–Crippen LogP) is -3.53. The highest BCUT2D eigenvalue weighted by molar-refractivity contribution is 7.98. The normalized spacial score (nSPS) is 14.0. The number of nitrogens with two attached hydrogens (primary N) is 2. The van der Waals surface area contributed by atoms with Crippen molar-refractivity contribution in [2.24, 2.45) is 17.4 Å². The fourth-order valence-corrected chi connectivity index (χ4v) is 5.42. The van der Waals surface area contributed by atoms with Gasteiger partial charge in [-0.3, -0.25) is 35.6 Å². The molecule has 2 rings (SSSR count). The van der Waals surface area contributed by atoms with Crippen molar-refractivity contribution in [3.05, 3.63) is 48.0 Å². The molecule has 276 valence electrons. The summed E-state index contributed by atoms with van der Waals surface area (Å²) in [5, 5.41) is 30.3. The Balaban J connectivity index is 2.34. The number of aromatic nitrogens is 2. The van der Waals surface area contributed by atoms with Crippen LogP contribution >= 0.6 is 11.8 Å². The second-order valence-corrected chi connectivity index (χ2v) is 13.4. The molecule has 0 aliphatic carbocycles. The average Bonchev–Trinajstić information content (AvgIpc) is 3.57. The predicted molar refractivity (Wildman–Crippen MR) is 187 cm³/mol. The highest BCUT2D eigenvalue weighted by Gasteiger charge is 2.33. The van der Waals surface area contributed by atoms with Crippen molar-refractivity contribution in [1.29, 1.82) is 0 Å². The van der Waals surface area contributed by atoms with E-state index in [1.807, 2.05) is 20.1 Å². The fourth-order valence-electron chi connectivity index (χ4n) is 4.90. The van der Waals surface area contributed by atoms with E-state index in [-0.39, 0.29) is 43.3 Å². The number of aromatic amines is 1. The van der Waals surface area contributed by atoms with Gasteiger partial charge in [0.1, 0.15) is 29.9 Å². The van der Waals surface area contributed by atoms with Gasteiger partial charge in [0.25, 0.3) is 5.91 Å². The third-order valence-electron chi connectivity index (χ3n) is 7.62. The highest BCUT2D eigenvalue weighted by atomic mass is 32.2. The Labute approximate surface area is 295 Å². The topological polar surface area (TPSA) is 296 Å². The lowest BCUT2D eigenvalue weighted by molar-refractivity contribution is -0.459. The number of carbonyl (C=O) groups excluding carboxylic acids is 4. The Bertz CT molecular complexity index is 1420. The van der Waals surface area contributed by atoms with Gasteiger partial charge in [-0.15, -0.1) is 0 Å². The monoisotopic (exact) mass is 720 g/mol. The second-order valence-electron chi connectivity index (χ2n) is 12.4. The molecule has 0 spiro atoms. The summed E-state index contributed by atoms with van der Waals surface area (Å²) in [5.41, 5.74) is 16.0. The molecule has 0 fully saturated rings. The van der Waals surface area contributed by atoms with Crippen LogP contribution in [-0.4, -0.2) is 105 Å². The number of carbonyl (C=O) groups is 5. The molecular formula is C32H52N10O7S+2. The van der Waals surface area contributed by atoms with Gasteiger partial charge in [0.2, 0.25) is 17.7 Å². The van der Waals surface area contributed by atoms with E-state index in [9.17, 15) is 34.2 Å². The van der Waals surface area contributed by atoms with Crippen molar-refractivity contribution < 1.29 is 44.9 Å². The van der Waals surface area contributed by atoms with Crippen LogP contribution in [0.4, 0.5) is 0 Å². The molecule has 0 bridgehead atoms. The van der Waals surface area contributed by atoms with Gasteiger partial charge in [-0.1, -0.05) is 26.0 Å². The lowest BCUT2D eigenvalue weighted by atomic mass is 10.00. The van der Waals surface area contributed by atoms with E-state index in [2.05, 4.69) is 42.0 Å². The lowest BCUT2D eigenvalue weighted by Gasteiger charge is -2.27. The highest BCUT2D eigenvalue weighted by Crippen LogP contribution is 2.13. The third-order valence-corrected chi connectivity index (χ3v) is 8.26. The molecule has 0 aliphatic rings. The number of carboxylic acid groups (broad SMARTS) is 1. The van der Waals surface area contributed by atoms with Gasteiger partial charge in [-0.05, 0) is 54.9 Å². The number of rotatable bonds is 22. The van der Waals surface area contributed by atoms with Crippen LogP contribution in [0.3, 0.4) is 0 Å². The van der Waals surface area contributed by atoms with Crippen molar-refractivity contribution in [3.8, 4) is 5.75 Å². The number of hydrogen-bond donors (Lipinski definition) is 11. The maximum atomic E-state index is 13.9. The third kappa shape index (κ3) is 15.1. The van der Waals surface area contributed by atoms with Crippen LogP contribution in [0.5, 0.6) is 5.75 Å². The summed E-state index contributed by atoms with van der Waals surface area (Å²) in [6.45, 7) is 4.01. The van der Waals surface area contributed by atoms with Crippen molar-refractivity contribution in [3.63, 3.8) is 0 Å². The summed E-state index contributed by atoms with van der Waals surface area (Å²) in [4.78, 5) is 75.6. The van der Waals surface area contributed by atoms with Gasteiger partial charge in [-0.2, -0.15) is 11.8 Å². The maximum absolute atomic E-state index is 13.9. The molecule has 1 aromatic carbocycles. The first kappa shape index (κ1) is 41.3. The number of nitrogens with one attached hydrogen (secondary N) is 6. The number of carboxylic acids is 1. The van der Waals surface area contributed by atoms with E-state index in [1.54, 1.807) is 23.9 Å². The number of imidazole rings is 1. The standard InChI is InChI=1S/C32H50N10O7S/c1-18(2)13-24(29(46)42-26(31(48)49)15-20-16-36-17-38-20)40-30(47)25(14-19-6-8-21(43)9-7-19)41-28(45)23(5-4-11-37-32(34)35)39-27(44)22(33)10-12-50-3/h6-9,16-18,22-26,43H,4-5,10-15,33H2,1-3H3,(H,36,38)(H,39,44)(H,40,47)(H,41,45)(H,42,46)(H,48,49)(H4,34,35,37)/p+2/t22-,23-,24-,25-,26-/m0/s1. The summed E-state index contributed by atoms with van der Waals surface area (Å²) in [6, 6.07) is 0.707. The summed E-state index contributed by atoms with van der Waals surface area (Å²) in [6.07, 6.45) is 5.89. The van der Waals surface area contributed by atoms with Crippen molar-refractivity contribution in [1.82, 2.24) is 31.2 Å². The zero-order valence-electron chi connectivity index (χ0n) is 28.7. The Morgan fingerprint density at radius 3 is 2.08 bits per heavy atom. The smallest absolute Gasteiger partial charge is 0.338 e. The number of nitrogens with zero attached hydrogens (tertiary/aromatic N) is 1. The van der Waals surface area contributed by atoms with Crippen LogP contribution in [-0.2, 0) is 36.8 Å². The number of amides is 4. The quantitative estimate of drug-likeness (QED) is 0.0322. The SMILES string of the molecule is CSCC[C@H]([NH3+])C(=O)N[C@@H](CCC[NH+]=C(N)N)C(=O)N[C@@H](Cc1ccc(O)cc1)C(=O)N[C@@H](CC(C)C)C(=O)N[C@@H](Cc1cnc[nH]1)C(=O)O. The molecule has 17 nitrogen and oxygen atoms in total. The summed E-state index contributed by atoms with van der Waals surface area (Å²) in [7, 11) is 0. The van der Waals surface area contributed by atoms with E-state index < -0.39 is 59.8 Å². The number of phenols is 1. The van der Waals surface area contributed by atoms with Crippen LogP contribution in [0, 0.1) is 5.92 Å². The largest absolute Gasteiger partial charge is 0.508 e. The number of aliphatic carboxylic acids is 1. The minimum absolute atomic E-state index is 0.00604. The summed E-state index contributed by atoms with van der Waals surface area (Å²) in [5.74, 6) is -3.13. The minimum atomic E-state index is -1.30. The number of hydrogen-bond acceptors (Lipinski definition) is 8. The van der Waals surface area contributed by atoms with Crippen LogP contribution in [0.15, 0.2) is 36.8 Å². The molecule has 18 heteroatoms. The first-order valence-electron chi connectivity index (χ1n) is 16.3. The zero-order chi connectivity index (χ0) is 37.2. The number of aromatic hydroxyl groups is 1. The van der Waals surface area contributed by atoms with Gasteiger partial charge in [0, 0.05) is 31.2 Å². The number of guanidine groups is 1.